The minimum atomic E-state index is -3.49. The number of fused-ring (bicyclic) bond motifs is 1. The number of nitrogens with zero attached hydrogens (tertiary/aromatic N) is 1. The van der Waals surface area contributed by atoms with E-state index in [1.165, 1.54) is 0 Å². The molecule has 0 aliphatic carbocycles. The molecule has 3 heterocycles. The molecule has 0 saturated carbocycles. The zero-order chi connectivity index (χ0) is 21.8. The van der Waals surface area contributed by atoms with Gasteiger partial charge in [0, 0.05) is 17.6 Å². The summed E-state index contributed by atoms with van der Waals surface area (Å²) in [6, 6.07) is 6.80. The molecule has 1 aromatic rings. The lowest BCUT2D eigenvalue weighted by molar-refractivity contribution is -0.239. The average Bonchev–Trinajstić information content (AvgIpc) is 2.78. The normalized spacial score (nSPS) is 34.3. The maximum absolute atomic E-state index is 13.0. The van der Waals surface area contributed by atoms with Crippen LogP contribution in [0, 0.1) is 5.41 Å². The van der Waals surface area contributed by atoms with Gasteiger partial charge in [0.25, 0.3) is 0 Å². The van der Waals surface area contributed by atoms with E-state index in [1.54, 1.807) is 28.6 Å². The number of hydrogen-bond donors (Lipinski definition) is 1. The van der Waals surface area contributed by atoms with Gasteiger partial charge in [-0.25, -0.2) is 8.42 Å². The third-order valence-electron chi connectivity index (χ3n) is 7.40. The van der Waals surface area contributed by atoms with Crippen molar-refractivity contribution in [2.45, 2.75) is 81.2 Å². The first-order chi connectivity index (χ1) is 14.0. The van der Waals surface area contributed by atoms with Crippen LogP contribution >= 0.6 is 15.9 Å². The van der Waals surface area contributed by atoms with Crippen molar-refractivity contribution in [2.75, 3.05) is 19.7 Å². The van der Waals surface area contributed by atoms with Gasteiger partial charge in [-0.1, -0.05) is 15.9 Å². The van der Waals surface area contributed by atoms with Crippen molar-refractivity contribution in [3.63, 3.8) is 0 Å². The fraction of sp³-hybridized carbons (Fsp3) is 0.727. The Morgan fingerprint density at radius 1 is 1.10 bits per heavy atom. The molecule has 8 heteroatoms. The number of piperidine rings is 1. The van der Waals surface area contributed by atoms with Crippen molar-refractivity contribution in [3.8, 4) is 0 Å². The Kier molecular flexibility index (Phi) is 5.91. The number of aliphatic hydroxyl groups excluding tert-OH is 1. The molecule has 3 saturated heterocycles. The Bertz CT molecular complexity index is 879. The van der Waals surface area contributed by atoms with Crippen LogP contribution in [-0.2, 0) is 19.5 Å². The lowest BCUT2D eigenvalue weighted by Crippen LogP contribution is -2.57. The largest absolute Gasteiger partial charge is 0.390 e. The molecule has 0 aromatic heterocycles. The van der Waals surface area contributed by atoms with Crippen LogP contribution < -0.4 is 0 Å². The summed E-state index contributed by atoms with van der Waals surface area (Å²) in [6.45, 7) is 7.56. The maximum Gasteiger partial charge on any atom is 0.243 e. The van der Waals surface area contributed by atoms with Crippen molar-refractivity contribution < 1.29 is 23.0 Å². The van der Waals surface area contributed by atoms with E-state index in [0.29, 0.717) is 31.0 Å². The zero-order valence-electron chi connectivity index (χ0n) is 17.9. The fourth-order valence-electron chi connectivity index (χ4n) is 5.00. The lowest BCUT2D eigenvalue weighted by atomic mass is 9.70. The quantitative estimate of drug-likeness (QED) is 0.668. The number of rotatable bonds is 2. The van der Waals surface area contributed by atoms with Crippen LogP contribution in [0.25, 0.3) is 0 Å². The van der Waals surface area contributed by atoms with Gasteiger partial charge in [0.2, 0.25) is 10.0 Å². The summed E-state index contributed by atoms with van der Waals surface area (Å²) in [6.07, 6.45) is 3.15. The molecule has 3 aliphatic rings. The molecule has 1 spiro atoms. The first kappa shape index (κ1) is 22.7. The van der Waals surface area contributed by atoms with E-state index in [2.05, 4.69) is 22.9 Å². The van der Waals surface area contributed by atoms with Crippen molar-refractivity contribution >= 4 is 26.0 Å². The molecule has 30 heavy (non-hydrogen) atoms. The van der Waals surface area contributed by atoms with Crippen molar-refractivity contribution in [1.29, 1.82) is 0 Å². The SMILES string of the molecule is CC1(C)O[C@@H]2CC3(CCN(S(=O)(=O)c4ccc(Br)cc4)CC3)CO[C@@]2(C)CC[C@H]1O. The Morgan fingerprint density at radius 2 is 1.73 bits per heavy atom. The van der Waals surface area contributed by atoms with Gasteiger partial charge in [0.05, 0.1) is 34.9 Å². The second kappa shape index (κ2) is 7.81. The molecule has 0 bridgehead atoms. The molecular weight excluding hydrogens is 470 g/mol. The van der Waals surface area contributed by atoms with E-state index in [9.17, 15) is 13.5 Å². The molecule has 1 N–H and O–H groups in total. The van der Waals surface area contributed by atoms with Gasteiger partial charge in [0.1, 0.15) is 0 Å². The van der Waals surface area contributed by atoms with Crippen LogP contribution in [-0.4, -0.2) is 60.9 Å². The third-order valence-corrected chi connectivity index (χ3v) is 9.85. The van der Waals surface area contributed by atoms with Crippen LogP contribution in [0.2, 0.25) is 0 Å². The highest BCUT2D eigenvalue weighted by Crippen LogP contribution is 2.49. The minimum absolute atomic E-state index is 0.0821. The van der Waals surface area contributed by atoms with E-state index in [4.69, 9.17) is 9.47 Å². The number of hydrogen-bond acceptors (Lipinski definition) is 5. The molecule has 0 unspecified atom stereocenters. The molecule has 3 atom stereocenters. The van der Waals surface area contributed by atoms with E-state index in [-0.39, 0.29) is 11.5 Å². The van der Waals surface area contributed by atoms with Gasteiger partial charge < -0.3 is 14.6 Å². The van der Waals surface area contributed by atoms with Crippen LogP contribution in [0.1, 0.15) is 52.9 Å². The molecule has 6 nitrogen and oxygen atoms in total. The van der Waals surface area contributed by atoms with Crippen molar-refractivity contribution in [2.24, 2.45) is 5.41 Å². The highest BCUT2D eigenvalue weighted by molar-refractivity contribution is 9.10. The third kappa shape index (κ3) is 4.11. The molecule has 1 aromatic carbocycles. The zero-order valence-corrected chi connectivity index (χ0v) is 20.3. The summed E-state index contributed by atoms with van der Waals surface area (Å²) in [4.78, 5) is 0.331. The molecule has 3 aliphatic heterocycles. The first-order valence-corrected chi connectivity index (χ1v) is 12.9. The summed E-state index contributed by atoms with van der Waals surface area (Å²) in [5.74, 6) is 0. The smallest absolute Gasteiger partial charge is 0.243 e. The van der Waals surface area contributed by atoms with Crippen LogP contribution in [0.15, 0.2) is 33.6 Å². The van der Waals surface area contributed by atoms with Crippen LogP contribution in [0.5, 0.6) is 0 Å². The van der Waals surface area contributed by atoms with E-state index >= 15 is 0 Å². The molecule has 0 radical (unpaired) electrons. The maximum atomic E-state index is 13.0. The second-order valence-electron chi connectivity index (χ2n) is 9.93. The van der Waals surface area contributed by atoms with Gasteiger partial charge in [-0.15, -0.1) is 0 Å². The lowest BCUT2D eigenvalue weighted by Gasteiger charge is -2.52. The highest BCUT2D eigenvalue weighted by atomic mass is 79.9. The standard InChI is InChI=1S/C22H32BrNO5S/c1-20(2)18(25)8-9-21(3)19(29-20)14-22(15-28-21)10-12-24(13-11-22)30(26,27)17-6-4-16(23)5-7-17/h4-7,18-19,25H,8-15H2,1-3H3/t18-,19-,21+/m1/s1. The van der Waals surface area contributed by atoms with Gasteiger partial charge in [-0.2, -0.15) is 4.31 Å². The first-order valence-electron chi connectivity index (χ1n) is 10.7. The minimum Gasteiger partial charge on any atom is -0.390 e. The number of sulfonamides is 1. The number of halogens is 1. The second-order valence-corrected chi connectivity index (χ2v) is 12.8. The summed E-state index contributed by atoms with van der Waals surface area (Å²) in [5, 5.41) is 10.5. The van der Waals surface area contributed by atoms with Gasteiger partial charge in [-0.05, 0) is 82.6 Å². The molecular formula is C22H32BrNO5S. The van der Waals surface area contributed by atoms with Crippen LogP contribution in [0.4, 0.5) is 0 Å². The van der Waals surface area contributed by atoms with E-state index < -0.39 is 27.3 Å². The Balaban J connectivity index is 1.47. The Hall–Kier alpha value is -0.510. The summed E-state index contributed by atoms with van der Waals surface area (Å²) >= 11 is 3.36. The summed E-state index contributed by atoms with van der Waals surface area (Å²) in [7, 11) is -3.49. The molecule has 4 rings (SSSR count). The molecule has 0 amide bonds. The van der Waals surface area contributed by atoms with Gasteiger partial charge in [-0.3, -0.25) is 0 Å². The van der Waals surface area contributed by atoms with Gasteiger partial charge in [0.15, 0.2) is 0 Å². The summed E-state index contributed by atoms with van der Waals surface area (Å²) < 4.78 is 41.3. The number of ether oxygens (including phenoxy) is 2. The van der Waals surface area contributed by atoms with E-state index in [1.807, 2.05) is 13.8 Å². The monoisotopic (exact) mass is 501 g/mol. The van der Waals surface area contributed by atoms with E-state index in [0.717, 1.165) is 30.2 Å². The number of aliphatic hydroxyl groups is 1. The van der Waals surface area contributed by atoms with Crippen molar-refractivity contribution in [1.82, 2.24) is 4.31 Å². The molecule has 3 fully saturated rings. The van der Waals surface area contributed by atoms with Gasteiger partial charge >= 0.3 is 0 Å². The number of benzene rings is 1. The van der Waals surface area contributed by atoms with Crippen LogP contribution in [0.3, 0.4) is 0 Å². The average molecular weight is 502 g/mol. The fourth-order valence-corrected chi connectivity index (χ4v) is 6.71. The summed E-state index contributed by atoms with van der Waals surface area (Å²) in [5.41, 5.74) is -1.10. The predicted octanol–water partition coefficient (Wildman–Crippen LogP) is 3.72. The Labute approximate surface area is 188 Å². The Morgan fingerprint density at radius 3 is 2.37 bits per heavy atom. The highest BCUT2D eigenvalue weighted by Gasteiger charge is 2.54. The van der Waals surface area contributed by atoms with Crippen molar-refractivity contribution in [3.05, 3.63) is 28.7 Å². The topological polar surface area (TPSA) is 76.1 Å². The predicted molar refractivity (Wildman–Crippen MR) is 118 cm³/mol. The molecule has 168 valence electrons.